The summed E-state index contributed by atoms with van der Waals surface area (Å²) in [6.45, 7) is 0. The van der Waals surface area contributed by atoms with Crippen LogP contribution in [-0.4, -0.2) is 11.8 Å². The van der Waals surface area contributed by atoms with Crippen molar-refractivity contribution in [2.75, 3.05) is 16.4 Å². The summed E-state index contributed by atoms with van der Waals surface area (Å²) in [6.07, 6.45) is 0. The Morgan fingerprint density at radius 3 is 1.19 bits per heavy atom. The van der Waals surface area contributed by atoms with Crippen molar-refractivity contribution in [3.05, 3.63) is 139 Å². The average Bonchev–Trinajstić information content (AvgIpc) is 2.94. The Kier molecular flexibility index (Phi) is 6.77. The summed E-state index contributed by atoms with van der Waals surface area (Å²) in [6, 6.07) is 39.8. The Hall–Kier alpha value is -5.16. The quantitative estimate of drug-likeness (QED) is 0.225. The highest BCUT2D eigenvalue weighted by Crippen LogP contribution is 2.23. The second-order valence-electron chi connectivity index (χ2n) is 8.64. The molecule has 0 aliphatic carbocycles. The summed E-state index contributed by atoms with van der Waals surface area (Å²) < 4.78 is 0. The number of hydrogen-bond donors (Lipinski definition) is 3. The van der Waals surface area contributed by atoms with Crippen LogP contribution >= 0.6 is 0 Å². The Bertz CT molecular complexity index is 1410. The normalized spacial score (nSPS) is 10.5. The molecule has 0 aliphatic heterocycles. The molecule has 0 bridgehead atoms. The Labute approximate surface area is 215 Å². The summed E-state index contributed by atoms with van der Waals surface area (Å²) >= 11 is 0. The maximum atomic E-state index is 12.9. The zero-order chi connectivity index (χ0) is 25.6. The number of amides is 2. The average molecular weight is 484 g/mol. The van der Waals surface area contributed by atoms with Gasteiger partial charge >= 0.3 is 0 Å². The first kappa shape index (κ1) is 23.6. The lowest BCUT2D eigenvalue weighted by molar-refractivity contribution is 0.102. The van der Waals surface area contributed by atoms with E-state index in [1.54, 1.807) is 12.1 Å². The zero-order valence-electron chi connectivity index (χ0n) is 20.0. The van der Waals surface area contributed by atoms with Crippen LogP contribution in [-0.2, 0) is 0 Å². The molecule has 0 fully saturated rings. The van der Waals surface area contributed by atoms with E-state index in [2.05, 4.69) is 10.6 Å². The molecule has 0 atom stereocenters. The van der Waals surface area contributed by atoms with Gasteiger partial charge in [-0.3, -0.25) is 9.59 Å². The first-order valence-electron chi connectivity index (χ1n) is 11.9. The Balaban J connectivity index is 1.27. The van der Waals surface area contributed by atoms with Gasteiger partial charge in [-0.1, -0.05) is 84.9 Å². The van der Waals surface area contributed by atoms with Crippen LogP contribution in [0.25, 0.3) is 22.3 Å². The fourth-order valence-electron chi connectivity index (χ4n) is 4.07. The number of hydrogen-bond acceptors (Lipinski definition) is 3. The van der Waals surface area contributed by atoms with Crippen molar-refractivity contribution in [3.63, 3.8) is 0 Å². The molecule has 0 saturated carbocycles. The number of carbonyl (C=O) groups excluding carboxylic acids is 2. The van der Waals surface area contributed by atoms with Crippen molar-refractivity contribution < 1.29 is 9.59 Å². The van der Waals surface area contributed by atoms with Crippen molar-refractivity contribution >= 4 is 28.9 Å². The molecule has 4 N–H and O–H groups in total. The molecular formula is C32H25N3O2. The Morgan fingerprint density at radius 2 is 0.811 bits per heavy atom. The van der Waals surface area contributed by atoms with Crippen molar-refractivity contribution in [3.8, 4) is 22.3 Å². The van der Waals surface area contributed by atoms with Crippen LogP contribution in [0, 0.1) is 0 Å². The fourth-order valence-corrected chi connectivity index (χ4v) is 4.07. The predicted molar refractivity (Wildman–Crippen MR) is 151 cm³/mol. The van der Waals surface area contributed by atoms with E-state index in [1.165, 1.54) is 6.07 Å². The van der Waals surface area contributed by atoms with Crippen molar-refractivity contribution in [1.82, 2.24) is 0 Å². The molecule has 0 aromatic heterocycles. The van der Waals surface area contributed by atoms with Crippen LogP contribution in [0.5, 0.6) is 0 Å². The van der Waals surface area contributed by atoms with Crippen LogP contribution in [0.1, 0.15) is 20.7 Å². The van der Waals surface area contributed by atoms with Crippen LogP contribution < -0.4 is 16.4 Å². The predicted octanol–water partition coefficient (Wildman–Crippen LogP) is 7.11. The smallest absolute Gasteiger partial charge is 0.255 e. The van der Waals surface area contributed by atoms with Gasteiger partial charge in [0.05, 0.1) is 0 Å². The zero-order valence-corrected chi connectivity index (χ0v) is 20.0. The van der Waals surface area contributed by atoms with Gasteiger partial charge in [-0.2, -0.15) is 0 Å². The Morgan fingerprint density at radius 1 is 0.459 bits per heavy atom. The lowest BCUT2D eigenvalue weighted by atomic mass is 10.0. The van der Waals surface area contributed by atoms with Gasteiger partial charge in [0.1, 0.15) is 0 Å². The van der Waals surface area contributed by atoms with Crippen LogP contribution in [0.3, 0.4) is 0 Å². The molecule has 0 radical (unpaired) electrons. The molecule has 5 nitrogen and oxygen atoms in total. The summed E-state index contributed by atoms with van der Waals surface area (Å²) in [4.78, 5) is 25.9. The van der Waals surface area contributed by atoms with Crippen molar-refractivity contribution in [1.29, 1.82) is 0 Å². The van der Waals surface area contributed by atoms with E-state index in [0.29, 0.717) is 28.2 Å². The molecule has 180 valence electrons. The summed E-state index contributed by atoms with van der Waals surface area (Å²) in [5.41, 5.74) is 12.6. The third-order valence-electron chi connectivity index (χ3n) is 5.98. The van der Waals surface area contributed by atoms with E-state index < -0.39 is 0 Å². The monoisotopic (exact) mass is 483 g/mol. The maximum Gasteiger partial charge on any atom is 0.255 e. The molecule has 0 unspecified atom stereocenters. The number of rotatable bonds is 6. The van der Waals surface area contributed by atoms with Gasteiger partial charge < -0.3 is 16.4 Å². The van der Waals surface area contributed by atoms with E-state index in [-0.39, 0.29) is 11.8 Å². The van der Waals surface area contributed by atoms with Gasteiger partial charge in [-0.15, -0.1) is 0 Å². The summed E-state index contributed by atoms with van der Waals surface area (Å²) in [5.74, 6) is -0.693. The second kappa shape index (κ2) is 10.6. The molecule has 5 rings (SSSR count). The van der Waals surface area contributed by atoms with Gasteiger partial charge in [-0.25, -0.2) is 0 Å². The van der Waals surface area contributed by atoms with Gasteiger partial charge in [0.15, 0.2) is 0 Å². The fraction of sp³-hybridized carbons (Fsp3) is 0. The van der Waals surface area contributed by atoms with E-state index in [0.717, 1.165) is 22.3 Å². The lowest BCUT2D eigenvalue weighted by Crippen LogP contribution is -2.16. The minimum absolute atomic E-state index is 0.303. The highest BCUT2D eigenvalue weighted by molar-refractivity contribution is 6.09. The first-order chi connectivity index (χ1) is 18.0. The number of anilines is 3. The number of nitrogens with two attached hydrogens (primary N) is 1. The van der Waals surface area contributed by atoms with Gasteiger partial charge in [0.25, 0.3) is 11.8 Å². The standard InChI is InChI=1S/C32H25N3O2/c33-28-20-26(31(36)34-29-15-11-24(12-16-29)22-7-3-1-4-8-22)19-27(21-28)32(37)35-30-17-13-25(14-18-30)23-9-5-2-6-10-23/h1-21H,33H2,(H,34,36)(H,35,37). The minimum Gasteiger partial charge on any atom is -0.399 e. The first-order valence-corrected chi connectivity index (χ1v) is 11.9. The molecule has 5 heteroatoms. The van der Waals surface area contributed by atoms with E-state index >= 15 is 0 Å². The third-order valence-corrected chi connectivity index (χ3v) is 5.98. The molecule has 5 aromatic carbocycles. The van der Waals surface area contributed by atoms with E-state index in [9.17, 15) is 9.59 Å². The molecule has 2 amide bonds. The van der Waals surface area contributed by atoms with Gasteiger partial charge in [0, 0.05) is 28.2 Å². The van der Waals surface area contributed by atoms with Crippen LogP contribution in [0.2, 0.25) is 0 Å². The molecule has 37 heavy (non-hydrogen) atoms. The van der Waals surface area contributed by atoms with E-state index in [4.69, 9.17) is 5.73 Å². The number of carbonyl (C=O) groups is 2. The SMILES string of the molecule is Nc1cc(C(=O)Nc2ccc(-c3ccccc3)cc2)cc(C(=O)Nc2ccc(-c3ccccc3)cc2)c1. The maximum absolute atomic E-state index is 12.9. The van der Waals surface area contributed by atoms with Gasteiger partial charge in [0.2, 0.25) is 0 Å². The largest absolute Gasteiger partial charge is 0.399 e. The van der Waals surface area contributed by atoms with Crippen LogP contribution in [0.4, 0.5) is 17.1 Å². The second-order valence-corrected chi connectivity index (χ2v) is 8.64. The van der Waals surface area contributed by atoms with Crippen molar-refractivity contribution in [2.24, 2.45) is 0 Å². The highest BCUT2D eigenvalue weighted by Gasteiger charge is 2.13. The number of nitrogens with one attached hydrogen (secondary N) is 2. The summed E-state index contributed by atoms with van der Waals surface area (Å²) in [5, 5.41) is 5.75. The minimum atomic E-state index is -0.346. The highest BCUT2D eigenvalue weighted by atomic mass is 16.2. The molecule has 0 heterocycles. The topological polar surface area (TPSA) is 84.2 Å². The lowest BCUT2D eigenvalue weighted by Gasteiger charge is -2.11. The summed E-state index contributed by atoms with van der Waals surface area (Å²) in [7, 11) is 0. The van der Waals surface area contributed by atoms with Gasteiger partial charge in [-0.05, 0) is 64.7 Å². The number of nitrogen functional groups attached to an aromatic ring is 1. The molecule has 0 aliphatic rings. The van der Waals surface area contributed by atoms with Crippen LogP contribution in [0.15, 0.2) is 127 Å². The third kappa shape index (κ3) is 5.74. The molecule has 0 saturated heterocycles. The molecule has 5 aromatic rings. The van der Waals surface area contributed by atoms with E-state index in [1.807, 2.05) is 109 Å². The number of benzene rings is 5. The molecular weight excluding hydrogens is 458 g/mol. The van der Waals surface area contributed by atoms with Crippen molar-refractivity contribution in [2.45, 2.75) is 0 Å². The molecule has 0 spiro atoms.